The summed E-state index contributed by atoms with van der Waals surface area (Å²) in [7, 11) is 0. The van der Waals surface area contributed by atoms with Gasteiger partial charge in [0.1, 0.15) is 0 Å². The number of aromatic amines is 1. The van der Waals surface area contributed by atoms with Crippen LogP contribution in [0.2, 0.25) is 0 Å². The van der Waals surface area contributed by atoms with Crippen molar-refractivity contribution in [3.05, 3.63) is 30.0 Å². The van der Waals surface area contributed by atoms with E-state index >= 15 is 0 Å². The molecule has 1 aromatic carbocycles. The van der Waals surface area contributed by atoms with E-state index in [2.05, 4.69) is 17.1 Å². The van der Waals surface area contributed by atoms with Crippen molar-refractivity contribution in [3.63, 3.8) is 0 Å². The molecule has 0 bridgehead atoms. The van der Waals surface area contributed by atoms with Gasteiger partial charge in [-0.2, -0.15) is 5.10 Å². The number of H-pyrrole nitrogens is 1. The number of fused-ring (bicyclic) bond motifs is 1. The Morgan fingerprint density at radius 2 is 2.08 bits per heavy atom. The van der Waals surface area contributed by atoms with E-state index < -0.39 is 12.1 Å². The van der Waals surface area contributed by atoms with E-state index in [0.717, 1.165) is 31.4 Å². The number of aromatic nitrogens is 2. The smallest absolute Gasteiger partial charge is 0.360 e. The molecule has 0 saturated carbocycles. The summed E-state index contributed by atoms with van der Waals surface area (Å²) in [4.78, 5) is 27.3. The Labute approximate surface area is 147 Å². The number of hydrogen-bond acceptors (Lipinski definition) is 4. The van der Waals surface area contributed by atoms with Gasteiger partial charge in [-0.3, -0.25) is 9.89 Å². The third kappa shape index (κ3) is 3.67. The third-order valence-electron chi connectivity index (χ3n) is 4.72. The van der Waals surface area contributed by atoms with Gasteiger partial charge in [-0.05, 0) is 30.7 Å². The fraction of sp³-hybridized carbons (Fsp3) is 0.526. The van der Waals surface area contributed by atoms with Crippen LogP contribution in [0.1, 0.15) is 44.1 Å². The molecule has 6 heteroatoms. The van der Waals surface area contributed by atoms with Crippen LogP contribution in [0, 0.1) is 11.8 Å². The lowest BCUT2D eigenvalue weighted by molar-refractivity contribution is -0.144. The van der Waals surface area contributed by atoms with Gasteiger partial charge in [0.05, 0.1) is 5.52 Å². The topological polar surface area (TPSA) is 75.3 Å². The minimum absolute atomic E-state index is 0.0983. The lowest BCUT2D eigenvalue weighted by Gasteiger charge is -2.34. The van der Waals surface area contributed by atoms with E-state index in [9.17, 15) is 9.59 Å². The predicted octanol–water partition coefficient (Wildman–Crippen LogP) is 3.00. The molecular weight excluding hydrogens is 318 g/mol. The summed E-state index contributed by atoms with van der Waals surface area (Å²) < 4.78 is 5.60. The lowest BCUT2D eigenvalue weighted by atomic mass is 9.98. The zero-order chi connectivity index (χ0) is 18.0. The first-order valence-corrected chi connectivity index (χ1v) is 8.90. The number of esters is 1. The summed E-state index contributed by atoms with van der Waals surface area (Å²) in [6, 6.07) is 7.37. The second kappa shape index (κ2) is 7.25. The van der Waals surface area contributed by atoms with Gasteiger partial charge in [0.2, 0.25) is 0 Å². The number of piperidine rings is 1. The quantitative estimate of drug-likeness (QED) is 0.866. The molecule has 1 amide bonds. The maximum Gasteiger partial charge on any atom is 0.360 e. The molecule has 1 aliphatic rings. The molecule has 0 spiro atoms. The predicted molar refractivity (Wildman–Crippen MR) is 95.1 cm³/mol. The van der Waals surface area contributed by atoms with Gasteiger partial charge in [0, 0.05) is 18.5 Å². The Hall–Kier alpha value is -2.37. The molecule has 0 unspecified atom stereocenters. The second-order valence-electron chi connectivity index (χ2n) is 7.22. The summed E-state index contributed by atoms with van der Waals surface area (Å²) in [5, 5.41) is 7.59. The van der Waals surface area contributed by atoms with Crippen LogP contribution < -0.4 is 0 Å². The zero-order valence-electron chi connectivity index (χ0n) is 15.0. The molecule has 1 aliphatic heterocycles. The average Bonchev–Trinajstić information content (AvgIpc) is 3.03. The Morgan fingerprint density at radius 1 is 1.32 bits per heavy atom. The van der Waals surface area contributed by atoms with E-state index in [0.29, 0.717) is 11.3 Å². The number of nitrogens with one attached hydrogen (secondary N) is 1. The van der Waals surface area contributed by atoms with Crippen LogP contribution in [-0.2, 0) is 9.53 Å². The van der Waals surface area contributed by atoms with Gasteiger partial charge < -0.3 is 9.64 Å². The molecule has 25 heavy (non-hydrogen) atoms. The van der Waals surface area contributed by atoms with E-state index in [1.807, 2.05) is 43.0 Å². The number of carbonyl (C=O) groups is 2. The van der Waals surface area contributed by atoms with Gasteiger partial charge in [-0.25, -0.2) is 4.79 Å². The maximum absolute atomic E-state index is 12.9. The first-order chi connectivity index (χ1) is 12.0. The number of carbonyl (C=O) groups excluding carboxylic acids is 2. The summed E-state index contributed by atoms with van der Waals surface area (Å²) >= 11 is 0. The number of nitrogens with zero attached hydrogens (tertiary/aromatic N) is 2. The Balaban J connectivity index is 1.77. The fourth-order valence-corrected chi connectivity index (χ4v) is 3.33. The van der Waals surface area contributed by atoms with Crippen LogP contribution in [0.15, 0.2) is 24.3 Å². The highest BCUT2D eigenvalue weighted by atomic mass is 16.5. The molecule has 3 rings (SSSR count). The average molecular weight is 343 g/mol. The number of rotatable bonds is 4. The van der Waals surface area contributed by atoms with E-state index in [-0.39, 0.29) is 17.5 Å². The maximum atomic E-state index is 12.9. The normalized spacial score (nSPS) is 19.2. The van der Waals surface area contributed by atoms with Crippen molar-refractivity contribution in [2.24, 2.45) is 11.8 Å². The number of amides is 1. The molecule has 2 aromatic rings. The number of ether oxygens (including phenoxy) is 1. The largest absolute Gasteiger partial charge is 0.447 e. The van der Waals surface area contributed by atoms with E-state index in [1.54, 1.807) is 0 Å². The fourth-order valence-electron chi connectivity index (χ4n) is 3.33. The van der Waals surface area contributed by atoms with Crippen molar-refractivity contribution in [1.29, 1.82) is 0 Å². The van der Waals surface area contributed by atoms with Crippen molar-refractivity contribution < 1.29 is 14.3 Å². The van der Waals surface area contributed by atoms with Crippen molar-refractivity contribution in [1.82, 2.24) is 15.1 Å². The summed E-state index contributed by atoms with van der Waals surface area (Å²) in [5.41, 5.74) is 0.993. The summed E-state index contributed by atoms with van der Waals surface area (Å²) in [6.07, 6.45) is 1.35. The molecule has 1 N–H and O–H groups in total. The number of benzene rings is 1. The van der Waals surface area contributed by atoms with Crippen LogP contribution in [0.4, 0.5) is 0 Å². The highest BCUT2D eigenvalue weighted by molar-refractivity contribution is 6.02. The summed E-state index contributed by atoms with van der Waals surface area (Å²) in [5.74, 6) is -0.278. The molecule has 1 aromatic heterocycles. The number of para-hydroxylation sites is 1. The van der Waals surface area contributed by atoms with Gasteiger partial charge in [0.15, 0.2) is 11.8 Å². The molecule has 2 atom stereocenters. The lowest BCUT2D eigenvalue weighted by Crippen LogP contribution is -2.47. The molecular formula is C19H25N3O3. The van der Waals surface area contributed by atoms with E-state index in [4.69, 9.17) is 4.74 Å². The third-order valence-corrected chi connectivity index (χ3v) is 4.72. The van der Waals surface area contributed by atoms with Gasteiger partial charge in [-0.15, -0.1) is 0 Å². The number of hydrogen-bond donors (Lipinski definition) is 1. The van der Waals surface area contributed by atoms with Crippen molar-refractivity contribution in [2.45, 2.75) is 39.7 Å². The standard InChI is InChI=1S/C19H25N3O3/c1-12(2)17(18(23)22-10-6-7-13(3)11-22)25-19(24)16-14-8-4-5-9-15(14)20-21-16/h4-5,8-9,12-13,17H,6-7,10-11H2,1-3H3,(H,20,21)/t13-,17-/m1/s1. The summed E-state index contributed by atoms with van der Waals surface area (Å²) in [6.45, 7) is 7.39. The minimum atomic E-state index is -0.784. The molecule has 2 heterocycles. The van der Waals surface area contributed by atoms with Crippen LogP contribution in [0.25, 0.3) is 10.9 Å². The monoisotopic (exact) mass is 343 g/mol. The van der Waals surface area contributed by atoms with Crippen LogP contribution >= 0.6 is 0 Å². The zero-order valence-corrected chi connectivity index (χ0v) is 15.0. The van der Waals surface area contributed by atoms with Gasteiger partial charge >= 0.3 is 5.97 Å². The Bertz CT molecular complexity index is 768. The van der Waals surface area contributed by atoms with Gasteiger partial charge in [-0.1, -0.05) is 39.0 Å². The number of likely N-dealkylation sites (tertiary alicyclic amines) is 1. The van der Waals surface area contributed by atoms with Crippen molar-refractivity contribution in [3.8, 4) is 0 Å². The molecule has 1 fully saturated rings. The van der Waals surface area contributed by atoms with Crippen molar-refractivity contribution >= 4 is 22.8 Å². The molecule has 134 valence electrons. The molecule has 0 aliphatic carbocycles. The first-order valence-electron chi connectivity index (χ1n) is 8.90. The first kappa shape index (κ1) is 17.5. The van der Waals surface area contributed by atoms with Crippen LogP contribution in [0.5, 0.6) is 0 Å². The molecule has 1 saturated heterocycles. The van der Waals surface area contributed by atoms with Crippen molar-refractivity contribution in [2.75, 3.05) is 13.1 Å². The minimum Gasteiger partial charge on any atom is -0.447 e. The highest BCUT2D eigenvalue weighted by Crippen LogP contribution is 2.21. The van der Waals surface area contributed by atoms with Crippen LogP contribution in [-0.4, -0.2) is 46.2 Å². The SMILES string of the molecule is CC(C)[C@@H](OC(=O)c1n[nH]c2ccccc12)C(=O)N1CCC[C@@H](C)C1. The Kier molecular flexibility index (Phi) is 5.06. The van der Waals surface area contributed by atoms with E-state index in [1.165, 1.54) is 0 Å². The Morgan fingerprint density at radius 3 is 2.80 bits per heavy atom. The highest BCUT2D eigenvalue weighted by Gasteiger charge is 2.33. The second-order valence-corrected chi connectivity index (χ2v) is 7.22. The van der Waals surface area contributed by atoms with Crippen LogP contribution in [0.3, 0.4) is 0 Å². The molecule has 0 radical (unpaired) electrons. The molecule has 6 nitrogen and oxygen atoms in total. The van der Waals surface area contributed by atoms with Gasteiger partial charge in [0.25, 0.3) is 5.91 Å².